The number of anilines is 1. The van der Waals surface area contributed by atoms with Gasteiger partial charge in [-0.3, -0.25) is 4.98 Å². The number of pyridine rings is 1. The molecular formula is C17H22N2. The van der Waals surface area contributed by atoms with Crippen LogP contribution in [0, 0.1) is 12.8 Å². The fourth-order valence-electron chi connectivity index (χ4n) is 3.03. The van der Waals surface area contributed by atoms with Gasteiger partial charge in [0, 0.05) is 17.6 Å². The van der Waals surface area contributed by atoms with Gasteiger partial charge in [0.1, 0.15) is 0 Å². The third-order valence-electron chi connectivity index (χ3n) is 4.17. The summed E-state index contributed by atoms with van der Waals surface area (Å²) in [5.74, 6) is 0.841. The van der Waals surface area contributed by atoms with E-state index in [9.17, 15) is 0 Å². The molecule has 1 heterocycles. The summed E-state index contributed by atoms with van der Waals surface area (Å²) in [7, 11) is 0. The Bertz CT molecular complexity index is 556. The summed E-state index contributed by atoms with van der Waals surface area (Å²) in [5.41, 5.74) is 3.38. The molecule has 0 atom stereocenters. The average Bonchev–Trinajstić information content (AvgIpc) is 2.46. The maximum absolute atomic E-state index is 4.68. The van der Waals surface area contributed by atoms with Crippen molar-refractivity contribution in [3.05, 3.63) is 36.0 Å². The van der Waals surface area contributed by atoms with Crippen LogP contribution in [0.2, 0.25) is 0 Å². The lowest BCUT2D eigenvalue weighted by molar-refractivity contribution is 0.373. The minimum Gasteiger partial charge on any atom is -0.383 e. The molecule has 100 valence electrons. The molecule has 0 spiro atoms. The van der Waals surface area contributed by atoms with E-state index in [2.05, 4.69) is 47.6 Å². The zero-order valence-corrected chi connectivity index (χ0v) is 11.7. The molecule has 1 N–H and O–H groups in total. The topological polar surface area (TPSA) is 24.9 Å². The number of aromatic nitrogens is 1. The molecular weight excluding hydrogens is 232 g/mol. The van der Waals surface area contributed by atoms with Crippen LogP contribution < -0.4 is 5.32 Å². The normalized spacial score (nSPS) is 16.7. The highest BCUT2D eigenvalue weighted by atomic mass is 14.9. The van der Waals surface area contributed by atoms with Crippen LogP contribution in [-0.4, -0.2) is 11.5 Å². The van der Waals surface area contributed by atoms with E-state index in [1.54, 1.807) is 0 Å². The van der Waals surface area contributed by atoms with E-state index in [1.807, 2.05) is 0 Å². The van der Waals surface area contributed by atoms with Crippen molar-refractivity contribution in [3.8, 4) is 0 Å². The van der Waals surface area contributed by atoms with Gasteiger partial charge in [-0.2, -0.15) is 0 Å². The van der Waals surface area contributed by atoms with E-state index in [0.29, 0.717) is 0 Å². The Kier molecular flexibility index (Phi) is 3.67. The maximum atomic E-state index is 4.68. The van der Waals surface area contributed by atoms with E-state index < -0.39 is 0 Å². The van der Waals surface area contributed by atoms with Crippen LogP contribution in [0.15, 0.2) is 30.3 Å². The van der Waals surface area contributed by atoms with Gasteiger partial charge in [0.2, 0.25) is 0 Å². The van der Waals surface area contributed by atoms with E-state index in [1.165, 1.54) is 43.2 Å². The Hall–Kier alpha value is -1.57. The first-order valence-corrected chi connectivity index (χ1v) is 7.43. The molecule has 0 unspecified atom stereocenters. The molecule has 2 nitrogen and oxygen atoms in total. The van der Waals surface area contributed by atoms with Crippen molar-refractivity contribution in [2.75, 3.05) is 11.9 Å². The molecule has 0 radical (unpaired) electrons. The van der Waals surface area contributed by atoms with Crippen molar-refractivity contribution in [3.63, 3.8) is 0 Å². The molecule has 1 fully saturated rings. The van der Waals surface area contributed by atoms with Crippen molar-refractivity contribution < 1.29 is 0 Å². The monoisotopic (exact) mass is 254 g/mol. The standard InChI is InChI=1S/C17H22N2/c1-13-10-11-15-8-5-9-16(17(15)19-13)18-12-14-6-3-2-4-7-14/h5,8-11,14,18H,2-4,6-7,12H2,1H3. The summed E-state index contributed by atoms with van der Waals surface area (Å²) in [6, 6.07) is 10.6. The van der Waals surface area contributed by atoms with Crippen LogP contribution in [0.1, 0.15) is 37.8 Å². The summed E-state index contributed by atoms with van der Waals surface area (Å²) in [6.07, 6.45) is 6.98. The second-order valence-corrected chi connectivity index (χ2v) is 5.71. The van der Waals surface area contributed by atoms with Gasteiger partial charge in [0.05, 0.1) is 11.2 Å². The van der Waals surface area contributed by atoms with Gasteiger partial charge in [-0.05, 0) is 37.8 Å². The van der Waals surface area contributed by atoms with Gasteiger partial charge in [-0.25, -0.2) is 0 Å². The SMILES string of the molecule is Cc1ccc2cccc(NCC3CCCCC3)c2n1. The summed E-state index contributed by atoms with van der Waals surface area (Å²) >= 11 is 0. The summed E-state index contributed by atoms with van der Waals surface area (Å²) in [6.45, 7) is 3.14. The molecule has 2 aromatic rings. The lowest BCUT2D eigenvalue weighted by Gasteiger charge is -2.22. The quantitative estimate of drug-likeness (QED) is 0.870. The van der Waals surface area contributed by atoms with Crippen LogP contribution in [0.5, 0.6) is 0 Å². The number of nitrogens with zero attached hydrogens (tertiary/aromatic N) is 1. The van der Waals surface area contributed by atoms with Gasteiger partial charge >= 0.3 is 0 Å². The zero-order valence-electron chi connectivity index (χ0n) is 11.7. The van der Waals surface area contributed by atoms with E-state index in [0.717, 1.165) is 23.7 Å². The molecule has 1 aromatic carbocycles. The molecule has 0 amide bonds. The first-order chi connectivity index (χ1) is 9.33. The Morgan fingerprint density at radius 1 is 1.11 bits per heavy atom. The molecule has 0 saturated heterocycles. The van der Waals surface area contributed by atoms with Crippen molar-refractivity contribution in [2.45, 2.75) is 39.0 Å². The lowest BCUT2D eigenvalue weighted by atomic mass is 9.89. The third kappa shape index (κ3) is 2.89. The van der Waals surface area contributed by atoms with Gasteiger partial charge in [-0.15, -0.1) is 0 Å². The number of aryl methyl sites for hydroxylation is 1. The largest absolute Gasteiger partial charge is 0.383 e. The van der Waals surface area contributed by atoms with Crippen LogP contribution in [0.25, 0.3) is 10.9 Å². The smallest absolute Gasteiger partial charge is 0.0936 e. The molecule has 3 rings (SSSR count). The Morgan fingerprint density at radius 3 is 2.79 bits per heavy atom. The van der Waals surface area contributed by atoms with Crippen LogP contribution in [0.3, 0.4) is 0 Å². The highest BCUT2D eigenvalue weighted by Crippen LogP contribution is 2.26. The minimum absolute atomic E-state index is 0.841. The van der Waals surface area contributed by atoms with Crippen molar-refractivity contribution in [2.24, 2.45) is 5.92 Å². The third-order valence-corrected chi connectivity index (χ3v) is 4.17. The fourth-order valence-corrected chi connectivity index (χ4v) is 3.03. The van der Waals surface area contributed by atoms with Crippen LogP contribution in [0.4, 0.5) is 5.69 Å². The zero-order chi connectivity index (χ0) is 13.1. The van der Waals surface area contributed by atoms with Crippen LogP contribution >= 0.6 is 0 Å². The summed E-state index contributed by atoms with van der Waals surface area (Å²) < 4.78 is 0. The summed E-state index contributed by atoms with van der Waals surface area (Å²) in [4.78, 5) is 4.68. The van der Waals surface area contributed by atoms with Crippen LogP contribution in [-0.2, 0) is 0 Å². The highest BCUT2D eigenvalue weighted by Gasteiger charge is 2.13. The number of hydrogen-bond acceptors (Lipinski definition) is 2. The van der Waals surface area contributed by atoms with Crippen molar-refractivity contribution in [1.82, 2.24) is 4.98 Å². The van der Waals surface area contributed by atoms with Gasteiger partial charge in [0.15, 0.2) is 0 Å². The Morgan fingerprint density at radius 2 is 1.95 bits per heavy atom. The number of rotatable bonds is 3. The van der Waals surface area contributed by atoms with E-state index in [-0.39, 0.29) is 0 Å². The highest BCUT2D eigenvalue weighted by molar-refractivity contribution is 5.90. The minimum atomic E-state index is 0.841. The number of para-hydroxylation sites is 1. The molecule has 19 heavy (non-hydrogen) atoms. The predicted molar refractivity (Wildman–Crippen MR) is 81.5 cm³/mol. The first-order valence-electron chi connectivity index (χ1n) is 7.43. The maximum Gasteiger partial charge on any atom is 0.0936 e. The number of fused-ring (bicyclic) bond motifs is 1. The molecule has 2 heteroatoms. The number of benzene rings is 1. The van der Waals surface area contributed by atoms with Gasteiger partial charge in [0.25, 0.3) is 0 Å². The molecule has 1 aliphatic carbocycles. The molecule has 0 bridgehead atoms. The molecule has 1 saturated carbocycles. The van der Waals surface area contributed by atoms with Gasteiger partial charge in [-0.1, -0.05) is 37.5 Å². The summed E-state index contributed by atoms with van der Waals surface area (Å²) in [5, 5.41) is 4.84. The second kappa shape index (κ2) is 5.60. The van der Waals surface area contributed by atoms with E-state index in [4.69, 9.17) is 0 Å². The van der Waals surface area contributed by atoms with Crippen molar-refractivity contribution >= 4 is 16.6 Å². The van der Waals surface area contributed by atoms with E-state index >= 15 is 0 Å². The fraction of sp³-hybridized carbons (Fsp3) is 0.471. The molecule has 1 aromatic heterocycles. The Balaban J connectivity index is 1.78. The average molecular weight is 254 g/mol. The Labute approximate surface area is 115 Å². The molecule has 1 aliphatic rings. The first kappa shape index (κ1) is 12.5. The molecule has 0 aliphatic heterocycles. The second-order valence-electron chi connectivity index (χ2n) is 5.71. The lowest BCUT2D eigenvalue weighted by Crippen LogP contribution is -2.17. The van der Waals surface area contributed by atoms with Gasteiger partial charge < -0.3 is 5.32 Å². The van der Waals surface area contributed by atoms with Crippen molar-refractivity contribution in [1.29, 1.82) is 0 Å². The number of nitrogens with one attached hydrogen (secondary N) is 1. The predicted octanol–water partition coefficient (Wildman–Crippen LogP) is 4.54. The number of hydrogen-bond donors (Lipinski definition) is 1.